The molecule has 2 nitrogen and oxygen atoms in total. The van der Waals surface area contributed by atoms with E-state index in [9.17, 15) is 5.11 Å². The highest BCUT2D eigenvalue weighted by Gasteiger charge is 2.44. The van der Waals surface area contributed by atoms with Crippen LogP contribution in [0, 0.1) is 17.3 Å². The summed E-state index contributed by atoms with van der Waals surface area (Å²) in [4.78, 5) is 0. The van der Waals surface area contributed by atoms with Crippen LogP contribution < -0.4 is 0 Å². The summed E-state index contributed by atoms with van der Waals surface area (Å²) in [5.74, 6) is 1.08. The summed E-state index contributed by atoms with van der Waals surface area (Å²) in [7, 11) is 0. The predicted octanol–water partition coefficient (Wildman–Crippen LogP) is 4.16. The number of rotatable bonds is 4. The zero-order valence-corrected chi connectivity index (χ0v) is 13.2. The van der Waals surface area contributed by atoms with Gasteiger partial charge in [0.25, 0.3) is 0 Å². The van der Waals surface area contributed by atoms with Gasteiger partial charge >= 0.3 is 0 Å². The molecule has 1 aliphatic heterocycles. The van der Waals surface area contributed by atoms with E-state index >= 15 is 0 Å². The summed E-state index contributed by atoms with van der Waals surface area (Å²) in [6.45, 7) is 10.00. The Labute approximate surface area is 118 Å². The molecule has 1 N–H and O–H groups in total. The second kappa shape index (κ2) is 5.73. The maximum atomic E-state index is 10.5. The Kier molecular flexibility index (Phi) is 4.62. The van der Waals surface area contributed by atoms with Crippen LogP contribution in [0.1, 0.15) is 72.6 Å². The quantitative estimate of drug-likeness (QED) is 0.829. The molecule has 1 saturated carbocycles. The smallest absolute Gasteiger partial charge is 0.0686 e. The number of aliphatic hydroxyl groups is 1. The molecule has 19 heavy (non-hydrogen) atoms. The lowest BCUT2D eigenvalue weighted by Gasteiger charge is -2.48. The highest BCUT2D eigenvalue weighted by atomic mass is 16.5. The van der Waals surface area contributed by atoms with Gasteiger partial charge in [0, 0.05) is 6.61 Å². The molecule has 2 fully saturated rings. The van der Waals surface area contributed by atoms with E-state index in [2.05, 4.69) is 27.7 Å². The average Bonchev–Trinajstić information content (AvgIpc) is 2.24. The first-order chi connectivity index (χ1) is 8.80. The van der Waals surface area contributed by atoms with Gasteiger partial charge in [-0.05, 0) is 62.2 Å². The third-order valence-corrected chi connectivity index (χ3v) is 4.94. The minimum Gasteiger partial charge on any atom is -0.393 e. The van der Waals surface area contributed by atoms with Crippen LogP contribution >= 0.6 is 0 Å². The van der Waals surface area contributed by atoms with E-state index in [1.54, 1.807) is 0 Å². The van der Waals surface area contributed by atoms with E-state index in [1.165, 1.54) is 25.7 Å². The van der Waals surface area contributed by atoms with Crippen molar-refractivity contribution in [2.75, 3.05) is 6.61 Å². The standard InChI is InChI=1S/C17H32O2/c1-13(11-16(2,3)4)10-15(18)14-6-9-19-17(12-14)7-5-8-17/h13-15,18H,5-12H2,1-4H3. The fourth-order valence-corrected chi connectivity index (χ4v) is 4.05. The van der Waals surface area contributed by atoms with Crippen LogP contribution in [0.25, 0.3) is 0 Å². The van der Waals surface area contributed by atoms with Crippen molar-refractivity contribution in [3.05, 3.63) is 0 Å². The van der Waals surface area contributed by atoms with Crippen molar-refractivity contribution in [3.8, 4) is 0 Å². The molecule has 2 aliphatic rings. The summed E-state index contributed by atoms with van der Waals surface area (Å²) in [6.07, 6.45) is 7.90. The normalized spacial score (nSPS) is 29.8. The average molecular weight is 268 g/mol. The second-order valence-electron chi connectivity index (χ2n) is 8.31. The summed E-state index contributed by atoms with van der Waals surface area (Å²) >= 11 is 0. The van der Waals surface area contributed by atoms with Gasteiger partial charge in [0.2, 0.25) is 0 Å². The van der Waals surface area contributed by atoms with Gasteiger partial charge in [-0.25, -0.2) is 0 Å². The van der Waals surface area contributed by atoms with E-state index in [1.807, 2.05) is 0 Å². The molecule has 0 aromatic rings. The molecule has 1 aliphatic carbocycles. The zero-order valence-electron chi connectivity index (χ0n) is 13.2. The van der Waals surface area contributed by atoms with Crippen LogP contribution in [0.2, 0.25) is 0 Å². The lowest BCUT2D eigenvalue weighted by molar-refractivity contribution is -0.158. The largest absolute Gasteiger partial charge is 0.393 e. The van der Waals surface area contributed by atoms with Crippen molar-refractivity contribution in [2.24, 2.45) is 17.3 Å². The van der Waals surface area contributed by atoms with E-state index in [0.717, 1.165) is 25.9 Å². The molecule has 3 atom stereocenters. The third kappa shape index (κ3) is 4.19. The molecule has 1 saturated heterocycles. The molecule has 2 rings (SSSR count). The van der Waals surface area contributed by atoms with Gasteiger partial charge in [-0.1, -0.05) is 27.7 Å². The van der Waals surface area contributed by atoms with Gasteiger partial charge < -0.3 is 9.84 Å². The SMILES string of the molecule is CC(CC(O)C1CCOC2(CCC2)C1)CC(C)(C)C. The van der Waals surface area contributed by atoms with Gasteiger partial charge in [-0.15, -0.1) is 0 Å². The molecule has 0 aromatic heterocycles. The van der Waals surface area contributed by atoms with Gasteiger partial charge in [-0.3, -0.25) is 0 Å². The maximum absolute atomic E-state index is 10.5. The number of aliphatic hydroxyl groups excluding tert-OH is 1. The van der Waals surface area contributed by atoms with Gasteiger partial charge in [0.1, 0.15) is 0 Å². The van der Waals surface area contributed by atoms with E-state index in [0.29, 0.717) is 17.3 Å². The van der Waals surface area contributed by atoms with Gasteiger partial charge in [0.05, 0.1) is 11.7 Å². The second-order valence-corrected chi connectivity index (χ2v) is 8.31. The Morgan fingerprint density at radius 2 is 2.00 bits per heavy atom. The summed E-state index contributed by atoms with van der Waals surface area (Å²) in [6, 6.07) is 0. The van der Waals surface area contributed by atoms with E-state index in [-0.39, 0.29) is 11.7 Å². The molecule has 1 heterocycles. The monoisotopic (exact) mass is 268 g/mol. The van der Waals surface area contributed by atoms with Crippen molar-refractivity contribution in [1.82, 2.24) is 0 Å². The van der Waals surface area contributed by atoms with Crippen LogP contribution in [0.5, 0.6) is 0 Å². The number of hydrogen-bond acceptors (Lipinski definition) is 2. The summed E-state index contributed by atoms with van der Waals surface area (Å²) in [5, 5.41) is 10.5. The molecule has 0 bridgehead atoms. The maximum Gasteiger partial charge on any atom is 0.0686 e. The fraction of sp³-hybridized carbons (Fsp3) is 1.00. The molecule has 0 aromatic carbocycles. The lowest BCUT2D eigenvalue weighted by atomic mass is 9.70. The van der Waals surface area contributed by atoms with Crippen LogP contribution in [-0.2, 0) is 4.74 Å². The molecular weight excluding hydrogens is 236 g/mol. The molecule has 3 unspecified atom stereocenters. The van der Waals surface area contributed by atoms with Crippen molar-refractivity contribution < 1.29 is 9.84 Å². The Balaban J connectivity index is 1.80. The minimum atomic E-state index is -0.126. The molecular formula is C17H32O2. The first-order valence-electron chi connectivity index (χ1n) is 8.12. The third-order valence-electron chi connectivity index (χ3n) is 4.94. The van der Waals surface area contributed by atoms with Crippen molar-refractivity contribution in [2.45, 2.75) is 84.3 Å². The highest BCUT2D eigenvalue weighted by Crippen LogP contribution is 2.45. The van der Waals surface area contributed by atoms with E-state index in [4.69, 9.17) is 4.74 Å². The van der Waals surface area contributed by atoms with Gasteiger partial charge in [0.15, 0.2) is 0 Å². The van der Waals surface area contributed by atoms with Crippen LogP contribution in [-0.4, -0.2) is 23.4 Å². The summed E-state index contributed by atoms with van der Waals surface area (Å²) < 4.78 is 5.96. The lowest BCUT2D eigenvalue weighted by Crippen LogP contribution is -2.48. The molecule has 112 valence electrons. The Morgan fingerprint density at radius 1 is 1.32 bits per heavy atom. The predicted molar refractivity (Wildman–Crippen MR) is 79.1 cm³/mol. The van der Waals surface area contributed by atoms with Gasteiger partial charge in [-0.2, -0.15) is 0 Å². The first-order valence-corrected chi connectivity index (χ1v) is 8.12. The van der Waals surface area contributed by atoms with Crippen molar-refractivity contribution in [1.29, 1.82) is 0 Å². The molecule has 0 radical (unpaired) electrons. The fourth-order valence-electron chi connectivity index (χ4n) is 4.05. The first kappa shape index (κ1) is 15.3. The van der Waals surface area contributed by atoms with E-state index < -0.39 is 0 Å². The van der Waals surface area contributed by atoms with Crippen molar-refractivity contribution in [3.63, 3.8) is 0 Å². The number of hydrogen-bond donors (Lipinski definition) is 1. The molecule has 1 spiro atoms. The minimum absolute atomic E-state index is 0.126. The van der Waals surface area contributed by atoms with Crippen LogP contribution in [0.15, 0.2) is 0 Å². The molecule has 2 heteroatoms. The van der Waals surface area contributed by atoms with Crippen LogP contribution in [0.4, 0.5) is 0 Å². The summed E-state index contributed by atoms with van der Waals surface area (Å²) in [5.41, 5.74) is 0.529. The highest BCUT2D eigenvalue weighted by molar-refractivity contribution is 4.95. The zero-order chi connectivity index (χ0) is 14.1. The van der Waals surface area contributed by atoms with Crippen molar-refractivity contribution >= 4 is 0 Å². The van der Waals surface area contributed by atoms with Crippen LogP contribution in [0.3, 0.4) is 0 Å². The Hall–Kier alpha value is -0.0800. The Bertz CT molecular complexity index is 288. The Morgan fingerprint density at radius 3 is 2.53 bits per heavy atom. The number of ether oxygens (including phenoxy) is 1. The molecule has 0 amide bonds. The topological polar surface area (TPSA) is 29.5 Å².